The fraction of sp³-hybridized carbons (Fsp3) is 0. The Kier molecular flexibility index (Phi) is 3.27. The fourth-order valence-corrected chi connectivity index (χ4v) is 0.957. The molecule has 0 unspecified atom stereocenters. The summed E-state index contributed by atoms with van der Waals surface area (Å²) in [5.74, 6) is 0. The van der Waals surface area contributed by atoms with Crippen molar-refractivity contribution in [2.45, 2.75) is 0 Å². The van der Waals surface area contributed by atoms with E-state index in [1.165, 1.54) is 6.08 Å². The normalized spacial score (nSPS) is 9.92. The smallest absolute Gasteiger partial charge is 0.423 e. The Morgan fingerprint density at radius 1 is 1.38 bits per heavy atom. The van der Waals surface area contributed by atoms with Gasteiger partial charge in [0.1, 0.15) is 0 Å². The van der Waals surface area contributed by atoms with Crippen molar-refractivity contribution >= 4 is 18.7 Å². The molecular formula is C9H8BNO2. The second-order valence-electron chi connectivity index (χ2n) is 2.51. The number of allylic oxidation sites excluding steroid dienone is 1. The molecule has 1 rings (SSSR count). The van der Waals surface area contributed by atoms with Crippen LogP contribution in [-0.2, 0) is 0 Å². The quantitative estimate of drug-likeness (QED) is 0.484. The first kappa shape index (κ1) is 9.52. The van der Waals surface area contributed by atoms with Crippen molar-refractivity contribution in [3.05, 3.63) is 35.9 Å². The van der Waals surface area contributed by atoms with E-state index < -0.39 is 7.12 Å². The van der Waals surface area contributed by atoms with E-state index in [9.17, 15) is 0 Å². The minimum atomic E-state index is -1.46. The molecule has 0 saturated heterocycles. The molecule has 0 radical (unpaired) electrons. The Labute approximate surface area is 76.7 Å². The maximum absolute atomic E-state index is 8.84. The minimum Gasteiger partial charge on any atom is -0.423 e. The zero-order valence-corrected chi connectivity index (χ0v) is 6.88. The van der Waals surface area contributed by atoms with Crippen LogP contribution in [0.2, 0.25) is 0 Å². The zero-order chi connectivity index (χ0) is 9.68. The second kappa shape index (κ2) is 4.46. The molecule has 1 aromatic carbocycles. The number of hydrogen-bond acceptors (Lipinski definition) is 3. The van der Waals surface area contributed by atoms with Crippen LogP contribution in [0.15, 0.2) is 30.3 Å². The SMILES string of the molecule is N#C/C=C\c1cccc(B(O)O)c1. The van der Waals surface area contributed by atoms with Crippen LogP contribution >= 0.6 is 0 Å². The monoisotopic (exact) mass is 173 g/mol. The number of benzene rings is 1. The standard InChI is InChI=1S/C9H8BNO2/c11-6-2-4-8-3-1-5-9(7-8)10(12)13/h1-5,7,12-13H/b4-2-. The maximum atomic E-state index is 8.84. The van der Waals surface area contributed by atoms with Crippen molar-refractivity contribution in [3.8, 4) is 6.07 Å². The van der Waals surface area contributed by atoms with E-state index in [-0.39, 0.29) is 0 Å². The summed E-state index contributed by atoms with van der Waals surface area (Å²) < 4.78 is 0. The summed E-state index contributed by atoms with van der Waals surface area (Å²) in [7, 11) is -1.46. The van der Waals surface area contributed by atoms with Gasteiger partial charge in [-0.2, -0.15) is 5.26 Å². The molecule has 13 heavy (non-hydrogen) atoms. The van der Waals surface area contributed by atoms with Crippen molar-refractivity contribution in [2.24, 2.45) is 0 Å². The highest BCUT2D eigenvalue weighted by Gasteiger charge is 2.09. The van der Waals surface area contributed by atoms with Gasteiger partial charge in [0.25, 0.3) is 0 Å². The number of nitriles is 1. The largest absolute Gasteiger partial charge is 0.488 e. The lowest BCUT2D eigenvalue weighted by Crippen LogP contribution is -2.29. The first-order valence-electron chi connectivity index (χ1n) is 3.76. The molecule has 0 aliphatic heterocycles. The van der Waals surface area contributed by atoms with Gasteiger partial charge in [-0.25, -0.2) is 0 Å². The summed E-state index contributed by atoms with van der Waals surface area (Å²) in [5, 5.41) is 26.0. The van der Waals surface area contributed by atoms with Gasteiger partial charge in [-0.15, -0.1) is 0 Å². The van der Waals surface area contributed by atoms with Crippen LogP contribution in [0, 0.1) is 11.3 Å². The van der Waals surface area contributed by atoms with E-state index in [4.69, 9.17) is 15.3 Å². The van der Waals surface area contributed by atoms with E-state index in [1.54, 1.807) is 30.3 Å². The van der Waals surface area contributed by atoms with Gasteiger partial charge in [-0.05, 0) is 17.1 Å². The molecule has 0 aromatic heterocycles. The molecule has 3 nitrogen and oxygen atoms in total. The van der Waals surface area contributed by atoms with Crippen molar-refractivity contribution < 1.29 is 10.0 Å². The molecule has 4 heteroatoms. The Morgan fingerprint density at radius 2 is 2.15 bits per heavy atom. The second-order valence-corrected chi connectivity index (χ2v) is 2.51. The first-order valence-corrected chi connectivity index (χ1v) is 3.76. The highest BCUT2D eigenvalue weighted by atomic mass is 16.4. The summed E-state index contributed by atoms with van der Waals surface area (Å²) >= 11 is 0. The van der Waals surface area contributed by atoms with E-state index in [1.807, 2.05) is 6.07 Å². The summed E-state index contributed by atoms with van der Waals surface area (Å²) in [6.07, 6.45) is 2.94. The lowest BCUT2D eigenvalue weighted by Gasteiger charge is -1.99. The molecule has 0 atom stereocenters. The van der Waals surface area contributed by atoms with Crippen LogP contribution < -0.4 is 5.46 Å². The Bertz CT molecular complexity index is 355. The lowest BCUT2D eigenvalue weighted by atomic mass is 9.79. The van der Waals surface area contributed by atoms with Crippen LogP contribution in [0.1, 0.15) is 5.56 Å². The summed E-state index contributed by atoms with van der Waals surface area (Å²) in [4.78, 5) is 0. The Hall–Kier alpha value is -1.57. The van der Waals surface area contributed by atoms with Crippen molar-refractivity contribution in [3.63, 3.8) is 0 Å². The molecule has 0 spiro atoms. The first-order chi connectivity index (χ1) is 6.24. The van der Waals surface area contributed by atoms with Gasteiger partial charge in [-0.1, -0.05) is 24.3 Å². The zero-order valence-electron chi connectivity index (χ0n) is 6.88. The van der Waals surface area contributed by atoms with Crippen molar-refractivity contribution in [2.75, 3.05) is 0 Å². The third-order valence-corrected chi connectivity index (χ3v) is 1.56. The van der Waals surface area contributed by atoms with Crippen molar-refractivity contribution in [1.82, 2.24) is 0 Å². The molecule has 0 saturated carbocycles. The molecule has 0 aliphatic carbocycles. The molecular weight excluding hydrogens is 165 g/mol. The molecule has 0 fully saturated rings. The Balaban J connectivity index is 2.93. The number of rotatable bonds is 2. The maximum Gasteiger partial charge on any atom is 0.488 e. The molecule has 0 amide bonds. The fourth-order valence-electron chi connectivity index (χ4n) is 0.957. The summed E-state index contributed by atoms with van der Waals surface area (Å²) in [5.41, 5.74) is 1.19. The van der Waals surface area contributed by atoms with Crippen LogP contribution in [0.4, 0.5) is 0 Å². The topological polar surface area (TPSA) is 64.2 Å². The van der Waals surface area contributed by atoms with Gasteiger partial charge in [0.2, 0.25) is 0 Å². The van der Waals surface area contributed by atoms with E-state index >= 15 is 0 Å². The third-order valence-electron chi connectivity index (χ3n) is 1.56. The van der Waals surface area contributed by atoms with Gasteiger partial charge in [0, 0.05) is 6.08 Å². The van der Waals surface area contributed by atoms with Crippen LogP contribution in [0.5, 0.6) is 0 Å². The van der Waals surface area contributed by atoms with E-state index in [0.717, 1.165) is 5.56 Å². The highest BCUT2D eigenvalue weighted by Crippen LogP contribution is 1.99. The number of nitrogens with zero attached hydrogens (tertiary/aromatic N) is 1. The predicted molar refractivity (Wildman–Crippen MR) is 50.9 cm³/mol. The summed E-state index contributed by atoms with van der Waals surface area (Å²) in [6.45, 7) is 0. The molecule has 2 N–H and O–H groups in total. The minimum absolute atomic E-state index is 0.417. The van der Waals surface area contributed by atoms with Crippen LogP contribution in [0.3, 0.4) is 0 Å². The molecule has 1 aromatic rings. The molecule has 0 aliphatic rings. The van der Waals surface area contributed by atoms with Gasteiger partial charge in [-0.3, -0.25) is 0 Å². The van der Waals surface area contributed by atoms with Gasteiger partial charge < -0.3 is 10.0 Å². The Morgan fingerprint density at radius 3 is 2.77 bits per heavy atom. The lowest BCUT2D eigenvalue weighted by molar-refractivity contribution is 0.426. The van der Waals surface area contributed by atoms with Crippen molar-refractivity contribution in [1.29, 1.82) is 5.26 Å². The molecule has 0 bridgehead atoms. The third kappa shape index (κ3) is 2.75. The highest BCUT2D eigenvalue weighted by molar-refractivity contribution is 6.58. The van der Waals surface area contributed by atoms with E-state index in [2.05, 4.69) is 0 Å². The van der Waals surface area contributed by atoms with Gasteiger partial charge in [0.15, 0.2) is 0 Å². The van der Waals surface area contributed by atoms with E-state index in [0.29, 0.717) is 5.46 Å². The van der Waals surface area contributed by atoms with Crippen LogP contribution in [0.25, 0.3) is 6.08 Å². The molecule has 64 valence electrons. The van der Waals surface area contributed by atoms with Gasteiger partial charge >= 0.3 is 7.12 Å². The predicted octanol–water partition coefficient (Wildman–Crippen LogP) is -0.0968. The van der Waals surface area contributed by atoms with Crippen LogP contribution in [-0.4, -0.2) is 17.2 Å². The van der Waals surface area contributed by atoms with Gasteiger partial charge in [0.05, 0.1) is 6.07 Å². The molecule has 0 heterocycles. The average Bonchev–Trinajstić information content (AvgIpc) is 2.15. The average molecular weight is 173 g/mol. The number of hydrogen-bond donors (Lipinski definition) is 2. The summed E-state index contributed by atoms with van der Waals surface area (Å²) in [6, 6.07) is 8.55.